The summed E-state index contributed by atoms with van der Waals surface area (Å²) in [7, 11) is 1.60. The summed E-state index contributed by atoms with van der Waals surface area (Å²) in [6.07, 6.45) is 7.06. The molecular weight excluding hydrogens is 468 g/mol. The standard InChI is InChI=1S/C26H31BrN2O3/c1-4-8-24(30)29(23-16-11-18(2)17-22(23)27)25(19-12-14-21(32-3)15-13-19)26(31)28-20-9-6-5-7-10-20/h4,11-17,20,25H,1,5-10H2,2-3H3,(H,28,31). The highest BCUT2D eigenvalue weighted by atomic mass is 79.9. The lowest BCUT2D eigenvalue weighted by atomic mass is 9.94. The SMILES string of the molecule is C=CCC(=O)N(c1ccc(C)cc1Br)C(C(=O)NC1CCCCC1)c1ccc(OC)cc1. The zero-order valence-corrected chi connectivity index (χ0v) is 20.4. The van der Waals surface area contributed by atoms with Gasteiger partial charge in [-0.2, -0.15) is 0 Å². The number of nitrogens with zero attached hydrogens (tertiary/aromatic N) is 1. The molecule has 32 heavy (non-hydrogen) atoms. The molecule has 1 fully saturated rings. The van der Waals surface area contributed by atoms with Crippen LogP contribution in [0.1, 0.15) is 55.7 Å². The molecule has 3 rings (SSSR count). The lowest BCUT2D eigenvalue weighted by Crippen LogP contribution is -2.47. The average molecular weight is 499 g/mol. The van der Waals surface area contributed by atoms with Crippen molar-refractivity contribution in [1.82, 2.24) is 5.32 Å². The molecule has 5 nitrogen and oxygen atoms in total. The molecular formula is C26H31BrN2O3. The van der Waals surface area contributed by atoms with Crippen LogP contribution in [-0.2, 0) is 9.59 Å². The predicted octanol–water partition coefficient (Wildman–Crippen LogP) is 5.87. The molecule has 0 saturated heterocycles. The van der Waals surface area contributed by atoms with Gasteiger partial charge in [-0.25, -0.2) is 0 Å². The Labute approximate surface area is 199 Å². The van der Waals surface area contributed by atoms with Crippen LogP contribution in [0.15, 0.2) is 59.6 Å². The average Bonchev–Trinajstić information content (AvgIpc) is 2.79. The van der Waals surface area contributed by atoms with E-state index in [0.717, 1.165) is 41.3 Å². The molecule has 1 aliphatic carbocycles. The normalized spacial score (nSPS) is 15.0. The molecule has 0 radical (unpaired) electrons. The van der Waals surface area contributed by atoms with Crippen LogP contribution in [0.4, 0.5) is 5.69 Å². The summed E-state index contributed by atoms with van der Waals surface area (Å²) in [6, 6.07) is 12.4. The van der Waals surface area contributed by atoms with Gasteiger partial charge in [-0.15, -0.1) is 6.58 Å². The molecule has 1 unspecified atom stereocenters. The maximum atomic E-state index is 13.7. The summed E-state index contributed by atoms with van der Waals surface area (Å²) < 4.78 is 6.06. The first kappa shape index (κ1) is 24.1. The number of aryl methyl sites for hydroxylation is 1. The van der Waals surface area contributed by atoms with Crippen molar-refractivity contribution < 1.29 is 14.3 Å². The van der Waals surface area contributed by atoms with E-state index in [2.05, 4.69) is 27.8 Å². The van der Waals surface area contributed by atoms with Crippen molar-refractivity contribution in [3.63, 3.8) is 0 Å². The number of nitrogens with one attached hydrogen (secondary N) is 1. The third-order valence-electron chi connectivity index (χ3n) is 5.84. The lowest BCUT2D eigenvalue weighted by molar-refractivity contribution is -0.127. The number of anilines is 1. The fraction of sp³-hybridized carbons (Fsp3) is 0.385. The molecule has 1 aliphatic rings. The van der Waals surface area contributed by atoms with E-state index >= 15 is 0 Å². The van der Waals surface area contributed by atoms with Gasteiger partial charge in [-0.05, 0) is 71.1 Å². The zero-order valence-electron chi connectivity index (χ0n) is 18.8. The van der Waals surface area contributed by atoms with Crippen molar-refractivity contribution >= 4 is 33.4 Å². The number of carbonyl (C=O) groups excluding carboxylic acids is 2. The first-order chi connectivity index (χ1) is 15.4. The summed E-state index contributed by atoms with van der Waals surface area (Å²) in [6.45, 7) is 5.72. The van der Waals surface area contributed by atoms with Crippen molar-refractivity contribution in [3.05, 3.63) is 70.7 Å². The van der Waals surface area contributed by atoms with E-state index in [1.807, 2.05) is 49.4 Å². The molecule has 0 heterocycles. The number of amides is 2. The molecule has 6 heteroatoms. The Hall–Kier alpha value is -2.60. The molecule has 0 spiro atoms. The van der Waals surface area contributed by atoms with E-state index in [1.165, 1.54) is 6.42 Å². The molecule has 1 atom stereocenters. The quantitative estimate of drug-likeness (QED) is 0.463. The number of hydrogen-bond acceptors (Lipinski definition) is 3. The van der Waals surface area contributed by atoms with Gasteiger partial charge in [-0.3, -0.25) is 14.5 Å². The van der Waals surface area contributed by atoms with E-state index < -0.39 is 6.04 Å². The maximum Gasteiger partial charge on any atom is 0.248 e. The first-order valence-corrected chi connectivity index (χ1v) is 11.9. The van der Waals surface area contributed by atoms with Gasteiger partial charge < -0.3 is 10.1 Å². The zero-order chi connectivity index (χ0) is 23.1. The summed E-state index contributed by atoms with van der Waals surface area (Å²) in [5, 5.41) is 3.22. The molecule has 0 aromatic heterocycles. The lowest BCUT2D eigenvalue weighted by Gasteiger charge is -2.34. The van der Waals surface area contributed by atoms with Gasteiger partial charge >= 0.3 is 0 Å². The minimum Gasteiger partial charge on any atom is -0.497 e. The monoisotopic (exact) mass is 498 g/mol. The van der Waals surface area contributed by atoms with Crippen molar-refractivity contribution in [2.45, 2.75) is 57.5 Å². The Morgan fingerprint density at radius 1 is 1.19 bits per heavy atom. The van der Waals surface area contributed by atoms with E-state index in [0.29, 0.717) is 11.4 Å². The van der Waals surface area contributed by atoms with Gasteiger partial charge in [-0.1, -0.05) is 43.5 Å². The molecule has 2 aromatic rings. The second-order valence-corrected chi connectivity index (χ2v) is 9.08. The van der Waals surface area contributed by atoms with Crippen LogP contribution >= 0.6 is 15.9 Å². The Balaban J connectivity index is 2.07. The van der Waals surface area contributed by atoms with E-state index in [-0.39, 0.29) is 24.3 Å². The Kier molecular flexibility index (Phi) is 8.51. The van der Waals surface area contributed by atoms with Gasteiger partial charge in [0.05, 0.1) is 12.8 Å². The third kappa shape index (κ3) is 5.80. The fourth-order valence-corrected chi connectivity index (χ4v) is 4.86. The van der Waals surface area contributed by atoms with Crippen LogP contribution in [0.25, 0.3) is 0 Å². The second kappa shape index (κ2) is 11.3. The molecule has 0 bridgehead atoms. The minimum atomic E-state index is -0.811. The van der Waals surface area contributed by atoms with Crippen LogP contribution < -0.4 is 15.0 Å². The molecule has 2 amide bonds. The number of halogens is 1. The fourth-order valence-electron chi connectivity index (χ4n) is 4.18. The number of methoxy groups -OCH3 is 1. The van der Waals surface area contributed by atoms with Crippen LogP contribution in [0.3, 0.4) is 0 Å². The van der Waals surface area contributed by atoms with Gasteiger partial charge in [0.2, 0.25) is 11.8 Å². The third-order valence-corrected chi connectivity index (χ3v) is 6.48. The van der Waals surface area contributed by atoms with E-state index in [9.17, 15) is 9.59 Å². The first-order valence-electron chi connectivity index (χ1n) is 11.1. The molecule has 1 saturated carbocycles. The van der Waals surface area contributed by atoms with E-state index in [1.54, 1.807) is 18.1 Å². The molecule has 0 aliphatic heterocycles. The largest absolute Gasteiger partial charge is 0.497 e. The van der Waals surface area contributed by atoms with Crippen LogP contribution in [0.2, 0.25) is 0 Å². The minimum absolute atomic E-state index is 0.129. The highest BCUT2D eigenvalue weighted by Gasteiger charge is 2.34. The van der Waals surface area contributed by atoms with Gasteiger partial charge in [0, 0.05) is 16.9 Å². The number of hydrogen-bond donors (Lipinski definition) is 1. The van der Waals surface area contributed by atoms with Crippen LogP contribution in [0.5, 0.6) is 5.75 Å². The number of carbonyl (C=O) groups is 2. The van der Waals surface area contributed by atoms with Gasteiger partial charge in [0.25, 0.3) is 0 Å². The van der Waals surface area contributed by atoms with Crippen LogP contribution in [-0.4, -0.2) is 25.0 Å². The number of benzene rings is 2. The molecule has 2 aromatic carbocycles. The molecule has 170 valence electrons. The van der Waals surface area contributed by atoms with Gasteiger partial charge in [0.15, 0.2) is 0 Å². The smallest absolute Gasteiger partial charge is 0.248 e. The van der Waals surface area contributed by atoms with Gasteiger partial charge in [0.1, 0.15) is 11.8 Å². The number of ether oxygens (including phenoxy) is 1. The number of rotatable bonds is 8. The Morgan fingerprint density at radius 3 is 2.47 bits per heavy atom. The topological polar surface area (TPSA) is 58.6 Å². The van der Waals surface area contributed by atoms with Crippen molar-refractivity contribution in [2.24, 2.45) is 0 Å². The maximum absolute atomic E-state index is 13.7. The Bertz CT molecular complexity index is 952. The van der Waals surface area contributed by atoms with E-state index in [4.69, 9.17) is 4.74 Å². The highest BCUT2D eigenvalue weighted by molar-refractivity contribution is 9.10. The predicted molar refractivity (Wildman–Crippen MR) is 132 cm³/mol. The van der Waals surface area contributed by atoms with Crippen molar-refractivity contribution in [3.8, 4) is 5.75 Å². The second-order valence-electron chi connectivity index (χ2n) is 8.23. The van der Waals surface area contributed by atoms with Crippen molar-refractivity contribution in [2.75, 3.05) is 12.0 Å². The Morgan fingerprint density at radius 2 is 1.88 bits per heavy atom. The summed E-state index contributed by atoms with van der Waals surface area (Å²) in [4.78, 5) is 28.6. The summed E-state index contributed by atoms with van der Waals surface area (Å²) >= 11 is 3.61. The van der Waals surface area contributed by atoms with Crippen LogP contribution in [0, 0.1) is 6.92 Å². The summed E-state index contributed by atoms with van der Waals surface area (Å²) in [5.74, 6) is 0.330. The molecule has 1 N–H and O–H groups in total. The summed E-state index contributed by atoms with van der Waals surface area (Å²) in [5.41, 5.74) is 2.44. The van der Waals surface area contributed by atoms with Crippen molar-refractivity contribution in [1.29, 1.82) is 0 Å². The highest BCUT2D eigenvalue weighted by Crippen LogP contribution is 2.35.